The number of carbonyl (C=O) groups is 1. The first-order valence-electron chi connectivity index (χ1n) is 9.40. The monoisotopic (exact) mass is 452 g/mol. The molecule has 156 valence electrons. The fourth-order valence-corrected chi connectivity index (χ4v) is 4.21. The summed E-state index contributed by atoms with van der Waals surface area (Å²) in [5.41, 5.74) is 1.83. The van der Waals surface area contributed by atoms with Gasteiger partial charge in [0.05, 0.1) is 11.4 Å². The second-order valence-corrected chi connectivity index (χ2v) is 8.30. The lowest BCUT2D eigenvalue weighted by Crippen LogP contribution is -2.21. The summed E-state index contributed by atoms with van der Waals surface area (Å²) in [6, 6.07) is 17.2. The third-order valence-corrected chi connectivity index (χ3v) is 5.93. The average Bonchev–Trinajstić information content (AvgIpc) is 3.48. The van der Waals surface area contributed by atoms with Crippen molar-refractivity contribution in [2.45, 2.75) is 11.3 Å². The van der Waals surface area contributed by atoms with E-state index >= 15 is 0 Å². The Morgan fingerprint density at radius 1 is 1.10 bits per heavy atom. The first-order chi connectivity index (χ1) is 15.2. The number of para-hydroxylation sites is 2. The second kappa shape index (κ2) is 8.78. The van der Waals surface area contributed by atoms with Crippen molar-refractivity contribution in [2.24, 2.45) is 0 Å². The van der Waals surface area contributed by atoms with E-state index in [4.69, 9.17) is 13.9 Å². The third-order valence-electron chi connectivity index (χ3n) is 4.35. The predicted molar refractivity (Wildman–Crippen MR) is 117 cm³/mol. The van der Waals surface area contributed by atoms with Crippen molar-refractivity contribution in [1.82, 2.24) is 15.2 Å². The quantitative estimate of drug-likeness (QED) is 0.429. The van der Waals surface area contributed by atoms with E-state index in [-0.39, 0.29) is 23.5 Å². The zero-order chi connectivity index (χ0) is 21.0. The molecule has 0 aliphatic carbocycles. The molecule has 1 amide bonds. The molecule has 1 atom stereocenters. The summed E-state index contributed by atoms with van der Waals surface area (Å²) in [5.74, 6) is 1.54. The maximum Gasteiger partial charge on any atom is 0.277 e. The van der Waals surface area contributed by atoms with Crippen LogP contribution >= 0.6 is 23.1 Å². The summed E-state index contributed by atoms with van der Waals surface area (Å²) >= 11 is 2.53. The number of thioether (sulfide) groups is 1. The molecule has 2 aromatic heterocycles. The van der Waals surface area contributed by atoms with Crippen molar-refractivity contribution in [1.29, 1.82) is 0 Å². The van der Waals surface area contributed by atoms with E-state index in [0.717, 1.165) is 23.0 Å². The van der Waals surface area contributed by atoms with E-state index < -0.39 is 6.10 Å². The Bertz CT molecular complexity index is 1190. The highest BCUT2D eigenvalue weighted by Crippen LogP contribution is 2.36. The standard InChI is InChI=1S/C21H16N4O4S2/c26-18(23-20-22-14(11-30-20)13-6-2-1-3-7-13)12-31-21-25-24-19(29-21)17-10-27-15-8-4-5-9-16(15)28-17/h1-9,11,17H,10,12H2,(H,22,23,26)/t17-/m0/s1. The van der Waals surface area contributed by atoms with Crippen LogP contribution in [0.4, 0.5) is 5.13 Å². The van der Waals surface area contributed by atoms with Gasteiger partial charge in [-0.25, -0.2) is 4.98 Å². The Kier molecular flexibility index (Phi) is 5.55. The molecule has 0 bridgehead atoms. The predicted octanol–water partition coefficient (Wildman–Crippen LogP) is 4.44. The number of rotatable bonds is 6. The molecule has 2 aromatic carbocycles. The molecule has 8 nitrogen and oxygen atoms in total. The summed E-state index contributed by atoms with van der Waals surface area (Å²) in [7, 11) is 0. The van der Waals surface area contributed by atoms with Crippen LogP contribution in [0.1, 0.15) is 12.0 Å². The van der Waals surface area contributed by atoms with Crippen LogP contribution in [0.3, 0.4) is 0 Å². The highest BCUT2D eigenvalue weighted by atomic mass is 32.2. The number of anilines is 1. The summed E-state index contributed by atoms with van der Waals surface area (Å²) in [5, 5.41) is 13.6. The van der Waals surface area contributed by atoms with Gasteiger partial charge >= 0.3 is 0 Å². The molecule has 0 unspecified atom stereocenters. The van der Waals surface area contributed by atoms with Crippen LogP contribution in [0.2, 0.25) is 0 Å². The maximum absolute atomic E-state index is 12.3. The Hall–Kier alpha value is -3.37. The maximum atomic E-state index is 12.3. The van der Waals surface area contributed by atoms with Gasteiger partial charge in [-0.2, -0.15) is 0 Å². The molecule has 0 fully saturated rings. The highest BCUT2D eigenvalue weighted by Gasteiger charge is 2.27. The average molecular weight is 453 g/mol. The van der Waals surface area contributed by atoms with Crippen molar-refractivity contribution in [2.75, 3.05) is 17.7 Å². The number of nitrogens with zero attached hydrogens (tertiary/aromatic N) is 3. The largest absolute Gasteiger partial charge is 0.485 e. The van der Waals surface area contributed by atoms with E-state index in [1.165, 1.54) is 11.3 Å². The molecule has 5 rings (SSSR count). The zero-order valence-corrected chi connectivity index (χ0v) is 17.7. The molecule has 10 heteroatoms. The van der Waals surface area contributed by atoms with Crippen molar-refractivity contribution in [3.05, 3.63) is 65.9 Å². The van der Waals surface area contributed by atoms with Gasteiger partial charge in [-0.15, -0.1) is 21.5 Å². The molecule has 1 N–H and O–H groups in total. The number of amides is 1. The van der Waals surface area contributed by atoms with Crippen molar-refractivity contribution in [3.63, 3.8) is 0 Å². The second-order valence-electron chi connectivity index (χ2n) is 6.51. The van der Waals surface area contributed by atoms with Gasteiger partial charge in [-0.3, -0.25) is 4.79 Å². The number of ether oxygens (including phenoxy) is 2. The number of nitrogens with one attached hydrogen (secondary N) is 1. The molecule has 0 saturated carbocycles. The molecular formula is C21H16N4O4S2. The van der Waals surface area contributed by atoms with E-state index in [9.17, 15) is 4.79 Å². The lowest BCUT2D eigenvalue weighted by molar-refractivity contribution is -0.113. The Balaban J connectivity index is 1.15. The molecule has 31 heavy (non-hydrogen) atoms. The van der Waals surface area contributed by atoms with Crippen molar-refractivity contribution >= 4 is 34.1 Å². The summed E-state index contributed by atoms with van der Waals surface area (Å²) in [6.45, 7) is 0.275. The van der Waals surface area contributed by atoms with Crippen LogP contribution in [-0.4, -0.2) is 33.4 Å². The molecule has 0 saturated heterocycles. The van der Waals surface area contributed by atoms with Crippen LogP contribution < -0.4 is 14.8 Å². The molecule has 0 spiro atoms. The van der Waals surface area contributed by atoms with Gasteiger partial charge in [0, 0.05) is 10.9 Å². The molecule has 3 heterocycles. The highest BCUT2D eigenvalue weighted by molar-refractivity contribution is 7.99. The smallest absolute Gasteiger partial charge is 0.277 e. The van der Waals surface area contributed by atoms with Gasteiger partial charge in [0.1, 0.15) is 6.61 Å². The van der Waals surface area contributed by atoms with E-state index in [2.05, 4.69) is 20.5 Å². The first kappa shape index (κ1) is 19.6. The van der Waals surface area contributed by atoms with E-state index in [1.54, 1.807) is 0 Å². The minimum absolute atomic E-state index is 0.118. The molecular weight excluding hydrogens is 436 g/mol. The molecule has 0 radical (unpaired) electrons. The van der Waals surface area contributed by atoms with Gasteiger partial charge in [-0.1, -0.05) is 54.2 Å². The third kappa shape index (κ3) is 4.54. The fourth-order valence-electron chi connectivity index (χ4n) is 2.91. The van der Waals surface area contributed by atoms with Crippen LogP contribution in [-0.2, 0) is 4.79 Å². The Labute approximate surface area is 185 Å². The first-order valence-corrected chi connectivity index (χ1v) is 11.3. The minimum atomic E-state index is -0.489. The van der Waals surface area contributed by atoms with Gasteiger partial charge in [-0.05, 0) is 12.1 Å². The SMILES string of the molecule is O=C(CSc1nnc([C@@H]2COc3ccccc3O2)o1)Nc1nc(-c2ccccc2)cs1. The normalized spacial score (nSPS) is 14.9. The van der Waals surface area contributed by atoms with Crippen LogP contribution in [0.15, 0.2) is 69.6 Å². The van der Waals surface area contributed by atoms with Crippen molar-refractivity contribution < 1.29 is 18.7 Å². The molecule has 1 aliphatic heterocycles. The number of aromatic nitrogens is 3. The zero-order valence-electron chi connectivity index (χ0n) is 16.1. The lowest BCUT2D eigenvalue weighted by atomic mass is 10.2. The summed E-state index contributed by atoms with van der Waals surface area (Å²) in [6.07, 6.45) is -0.489. The van der Waals surface area contributed by atoms with E-state index in [1.807, 2.05) is 60.0 Å². The minimum Gasteiger partial charge on any atom is -0.485 e. The summed E-state index contributed by atoms with van der Waals surface area (Å²) < 4.78 is 17.2. The Morgan fingerprint density at radius 2 is 1.90 bits per heavy atom. The van der Waals surface area contributed by atoms with Crippen LogP contribution in [0.25, 0.3) is 11.3 Å². The van der Waals surface area contributed by atoms with E-state index in [0.29, 0.717) is 22.5 Å². The number of thiazole rings is 1. The number of benzene rings is 2. The van der Waals surface area contributed by atoms with Gasteiger partial charge in [0.2, 0.25) is 12.0 Å². The Morgan fingerprint density at radius 3 is 2.77 bits per heavy atom. The lowest BCUT2D eigenvalue weighted by Gasteiger charge is -2.23. The number of carbonyl (C=O) groups excluding carboxylic acids is 1. The molecule has 1 aliphatic rings. The molecule has 4 aromatic rings. The topological polar surface area (TPSA) is 99.4 Å². The van der Waals surface area contributed by atoms with Gasteiger partial charge in [0.25, 0.3) is 11.1 Å². The van der Waals surface area contributed by atoms with Crippen LogP contribution in [0.5, 0.6) is 11.5 Å². The fraction of sp³-hybridized carbons (Fsp3) is 0.143. The van der Waals surface area contributed by atoms with Crippen LogP contribution in [0, 0.1) is 0 Å². The number of hydrogen-bond donors (Lipinski definition) is 1. The van der Waals surface area contributed by atoms with Gasteiger partial charge in [0.15, 0.2) is 16.6 Å². The van der Waals surface area contributed by atoms with Crippen molar-refractivity contribution in [3.8, 4) is 22.8 Å². The number of hydrogen-bond acceptors (Lipinski definition) is 9. The summed E-state index contributed by atoms with van der Waals surface area (Å²) in [4.78, 5) is 16.7. The van der Waals surface area contributed by atoms with Gasteiger partial charge < -0.3 is 19.2 Å². The number of fused-ring (bicyclic) bond motifs is 1.